The molecule has 2 heterocycles. The third kappa shape index (κ3) is 3.60. The predicted octanol–water partition coefficient (Wildman–Crippen LogP) is 2.38. The third-order valence-electron chi connectivity index (χ3n) is 3.65. The Morgan fingerprint density at radius 1 is 1.30 bits per heavy atom. The van der Waals surface area contributed by atoms with Gasteiger partial charge in [-0.15, -0.1) is 11.3 Å². The minimum absolute atomic E-state index is 0.185. The van der Waals surface area contributed by atoms with E-state index in [0.717, 1.165) is 10.4 Å². The molecule has 1 saturated heterocycles. The van der Waals surface area contributed by atoms with Crippen LogP contribution in [-0.2, 0) is 9.59 Å². The summed E-state index contributed by atoms with van der Waals surface area (Å²) in [5, 5.41) is 6.65. The van der Waals surface area contributed by atoms with Gasteiger partial charge in [0.2, 0.25) is 5.91 Å². The summed E-state index contributed by atoms with van der Waals surface area (Å²) in [5.74, 6) is -1.64. The van der Waals surface area contributed by atoms with Crippen LogP contribution in [0.3, 0.4) is 0 Å². The Bertz CT molecular complexity index is 745. The van der Waals surface area contributed by atoms with Crippen LogP contribution in [0.15, 0.2) is 47.6 Å². The van der Waals surface area contributed by atoms with E-state index in [1.807, 2.05) is 30.3 Å². The van der Waals surface area contributed by atoms with E-state index < -0.39 is 11.8 Å². The van der Waals surface area contributed by atoms with Crippen LogP contribution in [0.4, 0.5) is 0 Å². The fourth-order valence-electron chi connectivity index (χ4n) is 2.56. The van der Waals surface area contributed by atoms with Gasteiger partial charge in [-0.25, -0.2) is 5.43 Å². The van der Waals surface area contributed by atoms with E-state index in [4.69, 9.17) is 11.6 Å². The van der Waals surface area contributed by atoms with Crippen molar-refractivity contribution in [2.45, 2.75) is 5.92 Å². The summed E-state index contributed by atoms with van der Waals surface area (Å²) in [6.07, 6.45) is 1.51. The smallest absolute Gasteiger partial charge is 0.253 e. The fraction of sp³-hybridized carbons (Fsp3) is 0.188. The maximum absolute atomic E-state index is 12.3. The zero-order valence-electron chi connectivity index (χ0n) is 12.0. The number of halogens is 1. The number of hydrazone groups is 1. The molecule has 1 aliphatic rings. The minimum Gasteiger partial charge on any atom is -0.355 e. The van der Waals surface area contributed by atoms with Gasteiger partial charge in [-0.05, 0) is 17.7 Å². The average molecular weight is 348 g/mol. The summed E-state index contributed by atoms with van der Waals surface area (Å²) >= 11 is 7.18. The Labute approximate surface area is 142 Å². The normalized spacial score (nSPS) is 20.7. The molecule has 0 bridgehead atoms. The molecule has 0 spiro atoms. The van der Waals surface area contributed by atoms with Gasteiger partial charge < -0.3 is 5.32 Å². The summed E-state index contributed by atoms with van der Waals surface area (Å²) in [4.78, 5) is 25.1. The molecule has 2 atom stereocenters. The second-order valence-electron chi connectivity index (χ2n) is 5.12. The molecule has 0 radical (unpaired) electrons. The van der Waals surface area contributed by atoms with E-state index in [-0.39, 0.29) is 11.8 Å². The highest BCUT2D eigenvalue weighted by molar-refractivity contribution is 7.17. The average Bonchev–Trinajstić information content (AvgIpc) is 3.14. The van der Waals surface area contributed by atoms with Gasteiger partial charge in [-0.3, -0.25) is 9.59 Å². The highest BCUT2D eigenvalue weighted by Gasteiger charge is 2.40. The van der Waals surface area contributed by atoms with Gasteiger partial charge >= 0.3 is 0 Å². The lowest BCUT2D eigenvalue weighted by Gasteiger charge is -2.15. The number of hydrogen-bond acceptors (Lipinski definition) is 4. The third-order valence-corrected chi connectivity index (χ3v) is 4.82. The number of carbonyl (C=O) groups excluding carboxylic acids is 2. The Balaban J connectivity index is 1.69. The highest BCUT2D eigenvalue weighted by atomic mass is 35.5. The molecule has 0 saturated carbocycles. The summed E-state index contributed by atoms with van der Waals surface area (Å²) in [5.41, 5.74) is 3.40. The first-order valence-corrected chi connectivity index (χ1v) is 8.25. The van der Waals surface area contributed by atoms with Crippen molar-refractivity contribution < 1.29 is 9.59 Å². The molecule has 118 valence electrons. The number of nitrogens with zero attached hydrogens (tertiary/aromatic N) is 1. The lowest BCUT2D eigenvalue weighted by molar-refractivity contribution is -0.133. The van der Waals surface area contributed by atoms with Crippen molar-refractivity contribution >= 4 is 41.0 Å². The van der Waals surface area contributed by atoms with Crippen molar-refractivity contribution in [1.29, 1.82) is 0 Å². The Morgan fingerprint density at radius 2 is 2.09 bits per heavy atom. The Morgan fingerprint density at radius 3 is 2.78 bits per heavy atom. The molecule has 2 aromatic rings. The number of rotatable bonds is 4. The summed E-state index contributed by atoms with van der Waals surface area (Å²) in [6.45, 7) is 0.450. The van der Waals surface area contributed by atoms with Crippen LogP contribution < -0.4 is 10.7 Å². The summed E-state index contributed by atoms with van der Waals surface area (Å²) in [6, 6.07) is 13.1. The van der Waals surface area contributed by atoms with Crippen molar-refractivity contribution in [2.24, 2.45) is 11.0 Å². The van der Waals surface area contributed by atoms with E-state index in [1.54, 1.807) is 12.1 Å². The number of hydrogen-bond donors (Lipinski definition) is 2. The predicted molar refractivity (Wildman–Crippen MR) is 90.7 cm³/mol. The van der Waals surface area contributed by atoms with E-state index >= 15 is 0 Å². The van der Waals surface area contributed by atoms with Crippen molar-refractivity contribution in [3.63, 3.8) is 0 Å². The van der Waals surface area contributed by atoms with Gasteiger partial charge in [0, 0.05) is 17.3 Å². The standard InChI is InChI=1S/C16H14ClN3O2S/c17-13-7-6-11(23-13)8-19-20-16(22)14-12(9-18-15(14)21)10-4-2-1-3-5-10/h1-8,12,14H,9H2,(H,18,21)(H,20,22)/b19-8+. The molecular formula is C16H14ClN3O2S. The Hall–Kier alpha value is -2.18. The SMILES string of the molecule is O=C1NCC(c2ccccc2)C1C(=O)N/N=C/c1ccc(Cl)s1. The zero-order valence-corrected chi connectivity index (χ0v) is 13.6. The molecule has 2 unspecified atom stereocenters. The van der Waals surface area contributed by atoms with Gasteiger partial charge in [0.05, 0.1) is 10.6 Å². The van der Waals surface area contributed by atoms with Gasteiger partial charge in [0.25, 0.3) is 5.91 Å². The number of amides is 2. The zero-order chi connectivity index (χ0) is 16.2. The molecule has 5 nitrogen and oxygen atoms in total. The van der Waals surface area contributed by atoms with Crippen LogP contribution in [0.25, 0.3) is 0 Å². The maximum Gasteiger partial charge on any atom is 0.253 e. The molecule has 0 aliphatic carbocycles. The van der Waals surface area contributed by atoms with Crippen molar-refractivity contribution in [1.82, 2.24) is 10.7 Å². The van der Waals surface area contributed by atoms with E-state index in [9.17, 15) is 9.59 Å². The first-order valence-electron chi connectivity index (χ1n) is 7.06. The van der Waals surface area contributed by atoms with Gasteiger partial charge in [0.15, 0.2) is 0 Å². The lowest BCUT2D eigenvalue weighted by atomic mass is 9.88. The van der Waals surface area contributed by atoms with Crippen LogP contribution >= 0.6 is 22.9 Å². The van der Waals surface area contributed by atoms with Crippen LogP contribution in [0.1, 0.15) is 16.4 Å². The van der Waals surface area contributed by atoms with Crippen LogP contribution in [0.2, 0.25) is 4.34 Å². The van der Waals surface area contributed by atoms with Crippen molar-refractivity contribution in [2.75, 3.05) is 6.54 Å². The second-order valence-corrected chi connectivity index (χ2v) is 6.86. The summed E-state index contributed by atoms with van der Waals surface area (Å²) < 4.78 is 0.650. The molecule has 1 aromatic heterocycles. The van der Waals surface area contributed by atoms with Crippen LogP contribution in [0.5, 0.6) is 0 Å². The van der Waals surface area contributed by atoms with Gasteiger partial charge in [-0.2, -0.15) is 5.10 Å². The second kappa shape index (κ2) is 6.93. The molecule has 1 aromatic carbocycles. The summed E-state index contributed by atoms with van der Waals surface area (Å²) in [7, 11) is 0. The number of nitrogens with one attached hydrogen (secondary N) is 2. The number of thiophene rings is 1. The monoisotopic (exact) mass is 347 g/mol. The first kappa shape index (κ1) is 15.7. The molecule has 3 rings (SSSR count). The first-order chi connectivity index (χ1) is 11.1. The van der Waals surface area contributed by atoms with Crippen LogP contribution in [-0.4, -0.2) is 24.6 Å². The van der Waals surface area contributed by atoms with E-state index in [1.165, 1.54) is 17.6 Å². The highest BCUT2D eigenvalue weighted by Crippen LogP contribution is 2.29. The molecule has 1 aliphatic heterocycles. The van der Waals surface area contributed by atoms with E-state index in [2.05, 4.69) is 15.8 Å². The largest absolute Gasteiger partial charge is 0.355 e. The molecule has 2 amide bonds. The quantitative estimate of drug-likeness (QED) is 0.506. The van der Waals surface area contributed by atoms with Gasteiger partial charge in [-0.1, -0.05) is 41.9 Å². The number of carbonyl (C=O) groups is 2. The van der Waals surface area contributed by atoms with Gasteiger partial charge in [0.1, 0.15) is 5.92 Å². The fourth-order valence-corrected chi connectivity index (χ4v) is 3.49. The van der Waals surface area contributed by atoms with Crippen molar-refractivity contribution in [3.05, 3.63) is 57.2 Å². The molecule has 7 heteroatoms. The minimum atomic E-state index is -0.776. The van der Waals surface area contributed by atoms with Crippen LogP contribution in [0, 0.1) is 5.92 Å². The maximum atomic E-state index is 12.3. The molecule has 1 fully saturated rings. The topological polar surface area (TPSA) is 70.6 Å². The molecular weight excluding hydrogens is 334 g/mol. The van der Waals surface area contributed by atoms with E-state index in [0.29, 0.717) is 10.9 Å². The molecule has 2 N–H and O–H groups in total. The number of benzene rings is 1. The molecule has 23 heavy (non-hydrogen) atoms. The Kier molecular flexibility index (Phi) is 4.73. The van der Waals surface area contributed by atoms with Crippen molar-refractivity contribution in [3.8, 4) is 0 Å². The lowest BCUT2D eigenvalue weighted by Crippen LogP contribution is -2.34.